The van der Waals surface area contributed by atoms with Crippen LogP contribution in [0.5, 0.6) is 0 Å². The minimum absolute atomic E-state index is 0.160. The number of amides is 2. The molecule has 0 bridgehead atoms. The quantitative estimate of drug-likeness (QED) is 0.271. The highest BCUT2D eigenvalue weighted by atomic mass is 32.1. The van der Waals surface area contributed by atoms with E-state index in [2.05, 4.69) is 52.5 Å². The molecule has 3 aromatic heterocycles. The smallest absolute Gasteiger partial charge is 0.282 e. The molecule has 40 heavy (non-hydrogen) atoms. The Kier molecular flexibility index (Phi) is 8.65. The third-order valence-electron chi connectivity index (χ3n) is 6.84. The lowest BCUT2D eigenvalue weighted by atomic mass is 10.1. The second-order valence-corrected chi connectivity index (χ2v) is 10.7. The highest BCUT2D eigenvalue weighted by Gasteiger charge is 2.28. The molecule has 2 amide bonds. The molecule has 3 aromatic rings. The van der Waals surface area contributed by atoms with Gasteiger partial charge >= 0.3 is 0 Å². The number of carbonyl (C=O) groups excluding carboxylic acids is 2. The van der Waals surface area contributed by atoms with Crippen LogP contribution in [0.2, 0.25) is 0 Å². The number of anilines is 2. The molecule has 0 aromatic carbocycles. The SMILES string of the molecule is C=C/C(=C\C(CNC(=O)c1nnc(N2CCC(c3ccc(NC(=O)Cc4ccccn4)nn3)C2)s1)=NC)C1CC1. The van der Waals surface area contributed by atoms with Crippen molar-refractivity contribution in [3.63, 3.8) is 0 Å². The Morgan fingerprint density at radius 1 is 1.15 bits per heavy atom. The zero-order chi connectivity index (χ0) is 27.9. The summed E-state index contributed by atoms with van der Waals surface area (Å²) in [6, 6.07) is 9.11. The van der Waals surface area contributed by atoms with E-state index in [4.69, 9.17) is 0 Å². The van der Waals surface area contributed by atoms with E-state index in [0.29, 0.717) is 40.7 Å². The van der Waals surface area contributed by atoms with E-state index in [-0.39, 0.29) is 24.2 Å². The van der Waals surface area contributed by atoms with Crippen molar-refractivity contribution in [1.82, 2.24) is 30.7 Å². The van der Waals surface area contributed by atoms with Gasteiger partial charge < -0.3 is 15.5 Å². The first-order valence-electron chi connectivity index (χ1n) is 13.2. The van der Waals surface area contributed by atoms with Crippen LogP contribution in [0.25, 0.3) is 0 Å². The first-order chi connectivity index (χ1) is 19.5. The van der Waals surface area contributed by atoms with Gasteiger partial charge in [0.05, 0.1) is 24.4 Å². The van der Waals surface area contributed by atoms with E-state index in [9.17, 15) is 9.59 Å². The maximum atomic E-state index is 12.7. The fourth-order valence-corrected chi connectivity index (χ4v) is 5.28. The first kappa shape index (κ1) is 27.3. The summed E-state index contributed by atoms with van der Waals surface area (Å²) in [5, 5.41) is 23.6. The molecule has 1 atom stereocenters. The zero-order valence-electron chi connectivity index (χ0n) is 22.3. The van der Waals surface area contributed by atoms with Crippen molar-refractivity contribution < 1.29 is 9.59 Å². The molecule has 0 spiro atoms. The number of pyridine rings is 1. The van der Waals surface area contributed by atoms with Crippen molar-refractivity contribution in [2.45, 2.75) is 31.6 Å². The van der Waals surface area contributed by atoms with Gasteiger partial charge in [-0.05, 0) is 61.1 Å². The number of nitrogens with zero attached hydrogens (tertiary/aromatic N) is 7. The summed E-state index contributed by atoms with van der Waals surface area (Å²) in [7, 11) is 1.72. The third kappa shape index (κ3) is 7.00. The number of aromatic nitrogens is 5. The lowest BCUT2D eigenvalue weighted by molar-refractivity contribution is -0.115. The topological polar surface area (TPSA) is 138 Å². The molecule has 2 aliphatic rings. The summed E-state index contributed by atoms with van der Waals surface area (Å²) in [5.74, 6) is 0.657. The van der Waals surface area contributed by atoms with Gasteiger partial charge in [-0.25, -0.2) is 0 Å². The Balaban J connectivity index is 1.11. The number of nitrogens with one attached hydrogen (secondary N) is 2. The number of hydrogen-bond acceptors (Lipinski definition) is 10. The van der Waals surface area contributed by atoms with Crippen LogP contribution in [-0.2, 0) is 11.2 Å². The normalized spacial score (nSPS) is 17.5. The fraction of sp³-hybridized carbons (Fsp3) is 0.357. The lowest BCUT2D eigenvalue weighted by Crippen LogP contribution is -2.29. The zero-order valence-corrected chi connectivity index (χ0v) is 23.1. The summed E-state index contributed by atoms with van der Waals surface area (Å²) in [6.07, 6.45) is 8.93. The van der Waals surface area contributed by atoms with Crippen LogP contribution in [-0.4, -0.2) is 69.6 Å². The van der Waals surface area contributed by atoms with E-state index in [1.165, 1.54) is 29.8 Å². The van der Waals surface area contributed by atoms with Crippen molar-refractivity contribution in [3.05, 3.63) is 77.2 Å². The molecule has 1 saturated carbocycles. The van der Waals surface area contributed by atoms with Gasteiger partial charge in [-0.2, -0.15) is 5.10 Å². The van der Waals surface area contributed by atoms with Crippen molar-refractivity contribution in [1.29, 1.82) is 0 Å². The van der Waals surface area contributed by atoms with E-state index in [1.54, 1.807) is 25.4 Å². The summed E-state index contributed by atoms with van der Waals surface area (Å²) in [5.41, 5.74) is 3.50. The molecule has 1 saturated heterocycles. The van der Waals surface area contributed by atoms with Gasteiger partial charge in [0, 0.05) is 37.9 Å². The Morgan fingerprint density at radius 2 is 2.02 bits per heavy atom. The molecule has 1 aliphatic carbocycles. The molecule has 0 radical (unpaired) electrons. The molecule has 5 rings (SSSR count). The molecule has 206 valence electrons. The Hall–Kier alpha value is -4.32. The third-order valence-corrected chi connectivity index (χ3v) is 7.82. The maximum Gasteiger partial charge on any atom is 0.282 e. The summed E-state index contributed by atoms with van der Waals surface area (Å²) >= 11 is 1.27. The summed E-state index contributed by atoms with van der Waals surface area (Å²) in [6.45, 7) is 5.67. The van der Waals surface area contributed by atoms with E-state index in [1.807, 2.05) is 30.4 Å². The second kappa shape index (κ2) is 12.7. The Morgan fingerprint density at radius 3 is 2.73 bits per heavy atom. The molecule has 11 nitrogen and oxygen atoms in total. The number of hydrogen-bond donors (Lipinski definition) is 2. The van der Waals surface area contributed by atoms with Crippen LogP contribution >= 0.6 is 11.3 Å². The van der Waals surface area contributed by atoms with Crippen LogP contribution in [0.4, 0.5) is 10.9 Å². The van der Waals surface area contributed by atoms with Crippen molar-refractivity contribution in [3.8, 4) is 0 Å². The standard InChI is InChI=1S/C28H31N9O2S/c1-3-18(19-7-8-19)14-22(29-2)16-31-26(39)27-35-36-28(40-27)37-13-11-20(17-37)23-9-10-24(34-33-23)32-25(38)15-21-6-4-5-12-30-21/h3-6,9-10,12,14,19-20H,1,7-8,11,13,15-17H2,2H3,(H,31,39)(H,32,34,38)/b18-14+,29-22?. The van der Waals surface area contributed by atoms with Gasteiger partial charge in [0.2, 0.25) is 16.0 Å². The molecule has 2 fully saturated rings. The fourth-order valence-electron chi connectivity index (χ4n) is 4.49. The van der Waals surface area contributed by atoms with Crippen molar-refractivity contribution in [2.24, 2.45) is 10.9 Å². The van der Waals surface area contributed by atoms with Gasteiger partial charge in [0.15, 0.2) is 5.82 Å². The summed E-state index contributed by atoms with van der Waals surface area (Å²) in [4.78, 5) is 35.6. The van der Waals surface area contributed by atoms with Gasteiger partial charge in [-0.3, -0.25) is 19.6 Å². The monoisotopic (exact) mass is 557 g/mol. The minimum atomic E-state index is -0.271. The molecule has 4 heterocycles. The van der Waals surface area contributed by atoms with Crippen molar-refractivity contribution >= 4 is 39.8 Å². The van der Waals surface area contributed by atoms with Crippen LogP contribution in [0.15, 0.2) is 65.8 Å². The molecule has 1 unspecified atom stereocenters. The predicted molar refractivity (Wildman–Crippen MR) is 155 cm³/mol. The number of carbonyl (C=O) groups is 2. The molecular formula is C28H31N9O2S. The number of aliphatic imine (C=N–C) groups is 1. The highest BCUT2D eigenvalue weighted by molar-refractivity contribution is 7.17. The predicted octanol–water partition coefficient (Wildman–Crippen LogP) is 3.22. The largest absolute Gasteiger partial charge is 0.346 e. The Bertz CT molecular complexity index is 1420. The van der Waals surface area contributed by atoms with Gasteiger partial charge in [0.1, 0.15) is 0 Å². The first-order valence-corrected chi connectivity index (χ1v) is 14.0. The van der Waals surface area contributed by atoms with E-state index < -0.39 is 0 Å². The molecule has 12 heteroatoms. The second-order valence-electron chi connectivity index (χ2n) is 9.73. The molecule has 1 aliphatic heterocycles. The van der Waals surface area contributed by atoms with Crippen LogP contribution in [0, 0.1) is 5.92 Å². The van der Waals surface area contributed by atoms with Crippen LogP contribution in [0.1, 0.15) is 46.4 Å². The minimum Gasteiger partial charge on any atom is -0.346 e. The summed E-state index contributed by atoms with van der Waals surface area (Å²) < 4.78 is 0. The highest BCUT2D eigenvalue weighted by Crippen LogP contribution is 2.37. The van der Waals surface area contributed by atoms with Crippen molar-refractivity contribution in [2.75, 3.05) is 36.9 Å². The van der Waals surface area contributed by atoms with Crippen LogP contribution in [0.3, 0.4) is 0 Å². The lowest BCUT2D eigenvalue weighted by Gasteiger charge is -2.14. The maximum absolute atomic E-state index is 12.7. The van der Waals surface area contributed by atoms with E-state index in [0.717, 1.165) is 24.4 Å². The van der Waals surface area contributed by atoms with Gasteiger partial charge in [-0.15, -0.1) is 15.3 Å². The van der Waals surface area contributed by atoms with E-state index >= 15 is 0 Å². The average Bonchev–Trinajstić information content (AvgIpc) is 3.48. The number of allylic oxidation sites excluding steroid dienone is 2. The van der Waals surface area contributed by atoms with Crippen LogP contribution < -0.4 is 15.5 Å². The molecule has 2 N–H and O–H groups in total. The number of rotatable bonds is 11. The van der Waals surface area contributed by atoms with Gasteiger partial charge in [0.25, 0.3) is 5.91 Å². The Labute approximate surface area is 236 Å². The average molecular weight is 558 g/mol. The molecular weight excluding hydrogens is 526 g/mol. The van der Waals surface area contributed by atoms with Gasteiger partial charge in [-0.1, -0.05) is 30.1 Å².